The number of nitrogens with zero attached hydrogens (tertiary/aromatic N) is 3. The van der Waals surface area contributed by atoms with Crippen LogP contribution < -0.4 is 0 Å². The largest absolute Gasteiger partial charge is 0.339 e. The van der Waals surface area contributed by atoms with Crippen molar-refractivity contribution in [2.75, 3.05) is 13.1 Å². The number of thiophene rings is 1. The van der Waals surface area contributed by atoms with Crippen LogP contribution in [0.5, 0.6) is 0 Å². The number of rotatable bonds is 3. The SMILES string of the molecule is O=C(c1ccc(-c2csc(-c3ccnc4[nH]cnc34)c2)c(Cl)c1)N1CCCCC1. The summed E-state index contributed by atoms with van der Waals surface area (Å²) in [5, 5.41) is 2.68. The number of carbonyl (C=O) groups excluding carboxylic acids is 1. The molecule has 1 fully saturated rings. The number of halogens is 1. The molecule has 1 saturated heterocycles. The van der Waals surface area contributed by atoms with Gasteiger partial charge in [-0.05, 0) is 54.5 Å². The van der Waals surface area contributed by atoms with Gasteiger partial charge in [0.15, 0.2) is 5.65 Å². The number of piperidine rings is 1. The molecule has 1 N–H and O–H groups in total. The number of pyridine rings is 1. The summed E-state index contributed by atoms with van der Waals surface area (Å²) in [5.41, 5.74) is 5.29. The predicted octanol–water partition coefficient (Wildman–Crippen LogP) is 5.63. The molecule has 4 heterocycles. The van der Waals surface area contributed by atoms with Gasteiger partial charge in [-0.3, -0.25) is 4.79 Å². The molecule has 0 spiro atoms. The highest BCUT2D eigenvalue weighted by molar-refractivity contribution is 7.14. The van der Waals surface area contributed by atoms with E-state index in [9.17, 15) is 4.79 Å². The van der Waals surface area contributed by atoms with Gasteiger partial charge in [-0.2, -0.15) is 0 Å². The number of hydrogen-bond donors (Lipinski definition) is 1. The van der Waals surface area contributed by atoms with Crippen LogP contribution in [0.25, 0.3) is 32.7 Å². The highest BCUT2D eigenvalue weighted by atomic mass is 35.5. The summed E-state index contributed by atoms with van der Waals surface area (Å²) < 4.78 is 0. The highest BCUT2D eigenvalue weighted by Gasteiger charge is 2.19. The van der Waals surface area contributed by atoms with Gasteiger partial charge in [0.05, 0.1) is 6.33 Å². The third-order valence-corrected chi connectivity index (χ3v) is 6.63. The van der Waals surface area contributed by atoms with Crippen LogP contribution in [0.4, 0.5) is 0 Å². The Kier molecular flexibility index (Phi) is 4.81. The van der Waals surface area contributed by atoms with E-state index < -0.39 is 0 Å². The van der Waals surface area contributed by atoms with Crippen molar-refractivity contribution in [1.82, 2.24) is 19.9 Å². The highest BCUT2D eigenvalue weighted by Crippen LogP contribution is 2.37. The molecule has 5 nitrogen and oxygen atoms in total. The normalized spacial score (nSPS) is 14.4. The van der Waals surface area contributed by atoms with Crippen molar-refractivity contribution in [1.29, 1.82) is 0 Å². The van der Waals surface area contributed by atoms with Crippen molar-refractivity contribution in [2.24, 2.45) is 0 Å². The first-order valence-corrected chi connectivity index (χ1v) is 10.9. The van der Waals surface area contributed by atoms with Crippen molar-refractivity contribution in [3.8, 4) is 21.6 Å². The monoisotopic (exact) mass is 422 g/mol. The van der Waals surface area contributed by atoms with E-state index in [1.165, 1.54) is 6.42 Å². The molecule has 0 aliphatic carbocycles. The average molecular weight is 423 g/mol. The first-order valence-electron chi connectivity index (χ1n) is 9.67. The lowest BCUT2D eigenvalue weighted by molar-refractivity contribution is 0.0724. The van der Waals surface area contributed by atoms with Gasteiger partial charge in [0, 0.05) is 45.9 Å². The van der Waals surface area contributed by atoms with Crippen LogP contribution in [0, 0.1) is 0 Å². The Hall–Kier alpha value is -2.70. The summed E-state index contributed by atoms with van der Waals surface area (Å²) in [5.74, 6) is 0.0712. The summed E-state index contributed by atoms with van der Waals surface area (Å²) in [7, 11) is 0. The van der Waals surface area contributed by atoms with Crippen LogP contribution in [-0.2, 0) is 0 Å². The van der Waals surface area contributed by atoms with Gasteiger partial charge in [-0.1, -0.05) is 17.7 Å². The van der Waals surface area contributed by atoms with Gasteiger partial charge in [0.1, 0.15) is 5.52 Å². The standard InChI is InChI=1S/C22H19ClN4OS/c23-18-10-14(22(28)27-8-2-1-3-9-27)4-5-16(18)15-11-19(29-12-15)17-6-7-24-21-20(17)25-13-26-21/h4-7,10-13H,1-3,8-9H2,(H,24,25,26). The minimum Gasteiger partial charge on any atom is -0.339 e. The zero-order valence-electron chi connectivity index (χ0n) is 15.7. The molecule has 0 atom stereocenters. The van der Waals surface area contributed by atoms with E-state index in [4.69, 9.17) is 11.6 Å². The zero-order chi connectivity index (χ0) is 19.8. The summed E-state index contributed by atoms with van der Waals surface area (Å²) in [6.07, 6.45) is 6.79. The number of carbonyl (C=O) groups is 1. The number of nitrogens with one attached hydrogen (secondary N) is 1. The van der Waals surface area contributed by atoms with Gasteiger partial charge in [0.25, 0.3) is 5.91 Å². The Morgan fingerprint density at radius 3 is 2.76 bits per heavy atom. The fraction of sp³-hybridized carbons (Fsp3) is 0.227. The summed E-state index contributed by atoms with van der Waals surface area (Å²) in [6.45, 7) is 1.67. The molecule has 7 heteroatoms. The molecule has 0 saturated carbocycles. The van der Waals surface area contributed by atoms with E-state index in [0.29, 0.717) is 10.6 Å². The fourth-order valence-corrected chi connectivity index (χ4v) is 5.05. The number of amides is 1. The van der Waals surface area contributed by atoms with Crippen LogP contribution in [0.1, 0.15) is 29.6 Å². The molecule has 5 rings (SSSR count). The Bertz CT molecular complexity index is 1190. The van der Waals surface area contributed by atoms with Gasteiger partial charge in [0.2, 0.25) is 0 Å². The Morgan fingerprint density at radius 2 is 1.93 bits per heavy atom. The van der Waals surface area contributed by atoms with Gasteiger partial charge in [-0.15, -0.1) is 11.3 Å². The van der Waals surface area contributed by atoms with Crippen molar-refractivity contribution < 1.29 is 4.79 Å². The molecule has 1 aromatic carbocycles. The van der Waals surface area contributed by atoms with Crippen LogP contribution in [0.3, 0.4) is 0 Å². The van der Waals surface area contributed by atoms with Crippen LogP contribution in [0.15, 0.2) is 48.2 Å². The number of aromatic nitrogens is 3. The van der Waals surface area contributed by atoms with E-state index in [2.05, 4.69) is 26.4 Å². The number of likely N-dealkylation sites (tertiary alicyclic amines) is 1. The zero-order valence-corrected chi connectivity index (χ0v) is 17.3. The van der Waals surface area contributed by atoms with E-state index in [0.717, 1.165) is 58.7 Å². The maximum Gasteiger partial charge on any atom is 0.253 e. The molecule has 1 aliphatic rings. The van der Waals surface area contributed by atoms with Crippen molar-refractivity contribution in [3.63, 3.8) is 0 Å². The Balaban J connectivity index is 1.45. The lowest BCUT2D eigenvalue weighted by Crippen LogP contribution is -2.35. The second kappa shape index (κ2) is 7.61. The summed E-state index contributed by atoms with van der Waals surface area (Å²) >= 11 is 8.23. The van der Waals surface area contributed by atoms with E-state index in [1.807, 2.05) is 23.1 Å². The molecular weight excluding hydrogens is 404 g/mol. The van der Waals surface area contributed by atoms with Crippen molar-refractivity contribution in [3.05, 3.63) is 58.8 Å². The topological polar surface area (TPSA) is 61.9 Å². The number of benzene rings is 1. The third-order valence-electron chi connectivity index (χ3n) is 5.35. The number of fused-ring (bicyclic) bond motifs is 1. The molecule has 0 bridgehead atoms. The molecule has 1 aliphatic heterocycles. The molecular formula is C22H19ClN4OS. The Labute approximate surface area is 177 Å². The van der Waals surface area contributed by atoms with E-state index >= 15 is 0 Å². The Morgan fingerprint density at radius 1 is 1.07 bits per heavy atom. The molecule has 29 heavy (non-hydrogen) atoms. The predicted molar refractivity (Wildman–Crippen MR) is 117 cm³/mol. The smallest absolute Gasteiger partial charge is 0.253 e. The maximum absolute atomic E-state index is 12.7. The molecule has 0 radical (unpaired) electrons. The van der Waals surface area contributed by atoms with Crippen LogP contribution in [0.2, 0.25) is 5.02 Å². The second-order valence-corrected chi connectivity index (χ2v) is 8.52. The van der Waals surface area contributed by atoms with Gasteiger partial charge >= 0.3 is 0 Å². The lowest BCUT2D eigenvalue weighted by Gasteiger charge is -2.26. The molecule has 3 aromatic heterocycles. The van der Waals surface area contributed by atoms with Crippen molar-refractivity contribution in [2.45, 2.75) is 19.3 Å². The lowest BCUT2D eigenvalue weighted by atomic mass is 10.0. The minimum atomic E-state index is 0.0712. The summed E-state index contributed by atoms with van der Waals surface area (Å²) in [4.78, 5) is 27.5. The number of imidazole rings is 1. The second-order valence-electron chi connectivity index (χ2n) is 7.21. The molecule has 1 amide bonds. The maximum atomic E-state index is 12.7. The van der Waals surface area contributed by atoms with E-state index in [1.54, 1.807) is 29.9 Å². The van der Waals surface area contributed by atoms with Crippen molar-refractivity contribution >= 4 is 40.0 Å². The number of hydrogen-bond acceptors (Lipinski definition) is 4. The quantitative estimate of drug-likeness (QED) is 0.465. The third kappa shape index (κ3) is 3.43. The van der Waals surface area contributed by atoms with Crippen LogP contribution >= 0.6 is 22.9 Å². The molecule has 0 unspecified atom stereocenters. The average Bonchev–Trinajstić information content (AvgIpc) is 3.43. The van der Waals surface area contributed by atoms with Crippen LogP contribution in [-0.4, -0.2) is 38.8 Å². The number of aromatic amines is 1. The first kappa shape index (κ1) is 18.3. The summed E-state index contributed by atoms with van der Waals surface area (Å²) in [6, 6.07) is 9.71. The number of H-pyrrole nitrogens is 1. The minimum absolute atomic E-state index is 0.0712. The molecule has 146 valence electrons. The van der Waals surface area contributed by atoms with E-state index in [-0.39, 0.29) is 5.91 Å². The molecule has 4 aromatic rings. The fourth-order valence-electron chi connectivity index (χ4n) is 3.83. The van der Waals surface area contributed by atoms with Gasteiger partial charge < -0.3 is 9.88 Å². The first-order chi connectivity index (χ1) is 14.2. The van der Waals surface area contributed by atoms with Gasteiger partial charge in [-0.25, -0.2) is 9.97 Å².